The van der Waals surface area contributed by atoms with E-state index in [-0.39, 0.29) is 0 Å². The van der Waals surface area contributed by atoms with Gasteiger partial charge in [-0.1, -0.05) is 13.8 Å². The zero-order valence-electron chi connectivity index (χ0n) is 10.4. The van der Waals surface area contributed by atoms with Gasteiger partial charge in [-0.2, -0.15) is 0 Å². The van der Waals surface area contributed by atoms with Crippen LogP contribution in [0.5, 0.6) is 0 Å². The fraction of sp³-hybridized carbons (Fsp3) is 0.667. The standard InChI is InChI=1S/C12H21N3O/c1-4-16-8-6-12-13-7-5-11(15-12)9-14-10(2)3/h5,7,10,14H,4,6,8-9H2,1-3H3. The fourth-order valence-corrected chi connectivity index (χ4v) is 1.28. The van der Waals surface area contributed by atoms with Crippen molar-refractivity contribution in [3.63, 3.8) is 0 Å². The molecule has 0 saturated carbocycles. The number of nitrogens with one attached hydrogen (secondary N) is 1. The lowest BCUT2D eigenvalue weighted by Crippen LogP contribution is -2.22. The molecule has 0 atom stereocenters. The number of nitrogens with zero attached hydrogens (tertiary/aromatic N) is 2. The molecule has 4 heteroatoms. The van der Waals surface area contributed by atoms with Crippen LogP contribution < -0.4 is 5.32 Å². The normalized spacial score (nSPS) is 11.0. The molecule has 0 spiro atoms. The van der Waals surface area contributed by atoms with Gasteiger partial charge in [-0.3, -0.25) is 0 Å². The van der Waals surface area contributed by atoms with E-state index in [4.69, 9.17) is 4.74 Å². The first kappa shape index (κ1) is 13.1. The lowest BCUT2D eigenvalue weighted by atomic mass is 10.3. The highest BCUT2D eigenvalue weighted by atomic mass is 16.5. The molecule has 4 nitrogen and oxygen atoms in total. The lowest BCUT2D eigenvalue weighted by molar-refractivity contribution is 0.149. The molecule has 0 amide bonds. The summed E-state index contributed by atoms with van der Waals surface area (Å²) in [6, 6.07) is 2.42. The highest BCUT2D eigenvalue weighted by molar-refractivity contribution is 5.02. The molecule has 0 aliphatic rings. The molecule has 0 bridgehead atoms. The molecule has 1 aromatic rings. The Morgan fingerprint density at radius 1 is 1.44 bits per heavy atom. The maximum atomic E-state index is 5.28. The summed E-state index contributed by atoms with van der Waals surface area (Å²) in [6.45, 7) is 8.46. The predicted octanol–water partition coefficient (Wildman–Crippen LogP) is 1.55. The van der Waals surface area contributed by atoms with Crippen LogP contribution in [0.1, 0.15) is 32.3 Å². The van der Waals surface area contributed by atoms with Crippen LogP contribution in [0.3, 0.4) is 0 Å². The summed E-state index contributed by atoms with van der Waals surface area (Å²) in [5.74, 6) is 0.858. The van der Waals surface area contributed by atoms with Crippen LogP contribution in [0.15, 0.2) is 12.3 Å². The van der Waals surface area contributed by atoms with Gasteiger partial charge in [0.2, 0.25) is 0 Å². The number of ether oxygens (including phenoxy) is 1. The topological polar surface area (TPSA) is 47.0 Å². The number of aromatic nitrogens is 2. The van der Waals surface area contributed by atoms with Crippen LogP contribution in [0.25, 0.3) is 0 Å². The van der Waals surface area contributed by atoms with E-state index < -0.39 is 0 Å². The molecule has 0 radical (unpaired) electrons. The van der Waals surface area contributed by atoms with Gasteiger partial charge in [-0.15, -0.1) is 0 Å². The van der Waals surface area contributed by atoms with Gasteiger partial charge in [-0.25, -0.2) is 9.97 Å². The first-order valence-corrected chi connectivity index (χ1v) is 5.84. The van der Waals surface area contributed by atoms with Crippen molar-refractivity contribution in [2.24, 2.45) is 0 Å². The molecule has 0 aliphatic carbocycles. The zero-order valence-corrected chi connectivity index (χ0v) is 10.4. The van der Waals surface area contributed by atoms with Crippen LogP contribution >= 0.6 is 0 Å². The smallest absolute Gasteiger partial charge is 0.130 e. The van der Waals surface area contributed by atoms with Crippen LogP contribution in [0.2, 0.25) is 0 Å². The Bertz CT molecular complexity index is 302. The molecule has 0 fully saturated rings. The molecule has 0 unspecified atom stereocenters. The van der Waals surface area contributed by atoms with Gasteiger partial charge in [-0.05, 0) is 13.0 Å². The van der Waals surface area contributed by atoms with Crippen LogP contribution in [0, 0.1) is 0 Å². The van der Waals surface area contributed by atoms with Gasteiger partial charge in [0.1, 0.15) is 5.82 Å². The quantitative estimate of drug-likeness (QED) is 0.712. The minimum absolute atomic E-state index is 0.474. The molecular weight excluding hydrogens is 202 g/mol. The Kier molecular flexibility index (Phi) is 5.96. The average Bonchev–Trinajstić information content (AvgIpc) is 2.27. The lowest BCUT2D eigenvalue weighted by Gasteiger charge is -2.08. The fourth-order valence-electron chi connectivity index (χ4n) is 1.28. The second-order valence-electron chi connectivity index (χ2n) is 3.95. The highest BCUT2D eigenvalue weighted by Gasteiger charge is 2.00. The third-order valence-corrected chi connectivity index (χ3v) is 2.13. The van der Waals surface area contributed by atoms with E-state index in [1.165, 1.54) is 0 Å². The van der Waals surface area contributed by atoms with Crippen LogP contribution in [0.4, 0.5) is 0 Å². The van der Waals surface area contributed by atoms with Crippen LogP contribution in [-0.2, 0) is 17.7 Å². The summed E-state index contributed by atoms with van der Waals surface area (Å²) in [6.07, 6.45) is 2.59. The summed E-state index contributed by atoms with van der Waals surface area (Å²) >= 11 is 0. The van der Waals surface area contributed by atoms with E-state index >= 15 is 0 Å². The Morgan fingerprint density at radius 2 is 2.25 bits per heavy atom. The van der Waals surface area contributed by atoms with Gasteiger partial charge >= 0.3 is 0 Å². The summed E-state index contributed by atoms with van der Waals surface area (Å²) < 4.78 is 5.28. The van der Waals surface area contributed by atoms with Gasteiger partial charge in [0.25, 0.3) is 0 Å². The van der Waals surface area contributed by atoms with Crippen molar-refractivity contribution >= 4 is 0 Å². The molecular formula is C12H21N3O. The van der Waals surface area contributed by atoms with Crippen molar-refractivity contribution in [3.05, 3.63) is 23.8 Å². The number of hydrogen-bond donors (Lipinski definition) is 1. The van der Waals surface area contributed by atoms with E-state index in [9.17, 15) is 0 Å². The molecule has 0 saturated heterocycles. The van der Waals surface area contributed by atoms with E-state index in [0.29, 0.717) is 12.6 Å². The third kappa shape index (κ3) is 5.19. The number of rotatable bonds is 7. The van der Waals surface area contributed by atoms with Crippen molar-refractivity contribution in [2.45, 2.75) is 39.8 Å². The molecule has 1 rings (SSSR count). The Hall–Kier alpha value is -1.00. The Balaban J connectivity index is 2.43. The van der Waals surface area contributed by atoms with Crippen LogP contribution in [-0.4, -0.2) is 29.2 Å². The van der Waals surface area contributed by atoms with E-state index in [2.05, 4.69) is 29.1 Å². The maximum Gasteiger partial charge on any atom is 0.130 e. The molecule has 16 heavy (non-hydrogen) atoms. The molecule has 90 valence electrons. The molecule has 1 heterocycles. The first-order chi connectivity index (χ1) is 7.72. The molecule has 0 aliphatic heterocycles. The van der Waals surface area contributed by atoms with E-state index in [1.807, 2.05) is 19.2 Å². The second kappa shape index (κ2) is 7.30. The van der Waals surface area contributed by atoms with Gasteiger partial charge < -0.3 is 10.1 Å². The molecule has 0 aromatic carbocycles. The van der Waals surface area contributed by atoms with Gasteiger partial charge in [0, 0.05) is 31.8 Å². The Morgan fingerprint density at radius 3 is 2.94 bits per heavy atom. The third-order valence-electron chi connectivity index (χ3n) is 2.13. The first-order valence-electron chi connectivity index (χ1n) is 5.84. The molecule has 1 N–H and O–H groups in total. The van der Waals surface area contributed by atoms with Crippen molar-refractivity contribution in [1.29, 1.82) is 0 Å². The summed E-state index contributed by atoms with van der Waals surface area (Å²) in [5, 5.41) is 3.33. The van der Waals surface area contributed by atoms with Gasteiger partial charge in [0.15, 0.2) is 0 Å². The van der Waals surface area contributed by atoms with E-state index in [1.54, 1.807) is 0 Å². The van der Waals surface area contributed by atoms with Crippen molar-refractivity contribution < 1.29 is 4.74 Å². The van der Waals surface area contributed by atoms with Crippen molar-refractivity contribution in [1.82, 2.24) is 15.3 Å². The highest BCUT2D eigenvalue weighted by Crippen LogP contribution is 1.97. The minimum Gasteiger partial charge on any atom is -0.381 e. The summed E-state index contributed by atoms with van der Waals surface area (Å²) in [4.78, 5) is 8.68. The summed E-state index contributed by atoms with van der Waals surface area (Å²) in [5.41, 5.74) is 1.04. The Labute approximate surface area is 97.5 Å². The van der Waals surface area contributed by atoms with E-state index in [0.717, 1.165) is 31.1 Å². The SMILES string of the molecule is CCOCCc1nccc(CNC(C)C)n1. The van der Waals surface area contributed by atoms with Crippen molar-refractivity contribution in [3.8, 4) is 0 Å². The molecule has 1 aromatic heterocycles. The maximum absolute atomic E-state index is 5.28. The monoisotopic (exact) mass is 223 g/mol. The van der Waals surface area contributed by atoms with Crippen molar-refractivity contribution in [2.75, 3.05) is 13.2 Å². The summed E-state index contributed by atoms with van der Waals surface area (Å²) in [7, 11) is 0. The second-order valence-corrected chi connectivity index (χ2v) is 3.95. The largest absolute Gasteiger partial charge is 0.381 e. The predicted molar refractivity (Wildman–Crippen MR) is 64.2 cm³/mol. The van der Waals surface area contributed by atoms with Gasteiger partial charge in [0.05, 0.1) is 12.3 Å². The number of hydrogen-bond acceptors (Lipinski definition) is 4. The average molecular weight is 223 g/mol. The minimum atomic E-state index is 0.474. The zero-order chi connectivity index (χ0) is 11.8.